The van der Waals surface area contributed by atoms with Crippen molar-refractivity contribution < 1.29 is 19.1 Å². The SMILES string of the molecule is COCC(=O)Nc1ccc(OC)nc1N1CCN(C(C)=O)CC1. The summed E-state index contributed by atoms with van der Waals surface area (Å²) in [6.45, 7) is 4.08. The fourth-order valence-electron chi connectivity index (χ4n) is 2.43. The Morgan fingerprint density at radius 1 is 1.22 bits per heavy atom. The average molecular weight is 322 g/mol. The van der Waals surface area contributed by atoms with Gasteiger partial charge in [-0.15, -0.1) is 0 Å². The minimum atomic E-state index is -0.247. The predicted molar refractivity (Wildman–Crippen MR) is 85.8 cm³/mol. The molecule has 126 valence electrons. The molecule has 0 aromatic carbocycles. The summed E-state index contributed by atoms with van der Waals surface area (Å²) in [5, 5.41) is 2.79. The van der Waals surface area contributed by atoms with Crippen molar-refractivity contribution in [1.29, 1.82) is 0 Å². The van der Waals surface area contributed by atoms with Gasteiger partial charge in [0.1, 0.15) is 6.61 Å². The van der Waals surface area contributed by atoms with E-state index >= 15 is 0 Å². The molecule has 8 heteroatoms. The van der Waals surface area contributed by atoms with Gasteiger partial charge in [0, 0.05) is 46.3 Å². The lowest BCUT2D eigenvalue weighted by Crippen LogP contribution is -2.48. The molecule has 8 nitrogen and oxygen atoms in total. The number of nitrogens with one attached hydrogen (secondary N) is 1. The van der Waals surface area contributed by atoms with Crippen molar-refractivity contribution in [2.45, 2.75) is 6.92 Å². The molecular weight excluding hydrogens is 300 g/mol. The van der Waals surface area contributed by atoms with Crippen molar-refractivity contribution in [3.8, 4) is 5.88 Å². The zero-order valence-corrected chi connectivity index (χ0v) is 13.7. The third-order valence-electron chi connectivity index (χ3n) is 3.63. The Morgan fingerprint density at radius 2 is 1.91 bits per heavy atom. The van der Waals surface area contributed by atoms with Gasteiger partial charge in [-0.25, -0.2) is 0 Å². The van der Waals surface area contributed by atoms with Crippen LogP contribution in [0.4, 0.5) is 11.5 Å². The van der Waals surface area contributed by atoms with Crippen LogP contribution in [0, 0.1) is 0 Å². The van der Waals surface area contributed by atoms with Gasteiger partial charge in [0.15, 0.2) is 5.82 Å². The van der Waals surface area contributed by atoms with E-state index in [-0.39, 0.29) is 18.4 Å². The second kappa shape index (κ2) is 7.77. The van der Waals surface area contributed by atoms with Crippen LogP contribution in [-0.2, 0) is 14.3 Å². The van der Waals surface area contributed by atoms with Gasteiger partial charge in [0.05, 0.1) is 12.8 Å². The number of hydrogen-bond donors (Lipinski definition) is 1. The number of carbonyl (C=O) groups excluding carboxylic acids is 2. The first-order valence-corrected chi connectivity index (χ1v) is 7.39. The van der Waals surface area contributed by atoms with Crippen molar-refractivity contribution in [3.63, 3.8) is 0 Å². The highest BCUT2D eigenvalue weighted by molar-refractivity contribution is 5.94. The standard InChI is InChI=1S/C15H22N4O4/c1-11(20)18-6-8-19(9-7-18)15-12(16-13(21)10-22-2)4-5-14(17-15)23-3/h4-5H,6-10H2,1-3H3,(H,16,21). The molecule has 0 bridgehead atoms. The minimum Gasteiger partial charge on any atom is -0.481 e. The largest absolute Gasteiger partial charge is 0.481 e. The monoisotopic (exact) mass is 322 g/mol. The van der Waals surface area contributed by atoms with Gasteiger partial charge in [-0.05, 0) is 6.07 Å². The third kappa shape index (κ3) is 4.32. The summed E-state index contributed by atoms with van der Waals surface area (Å²) >= 11 is 0. The van der Waals surface area contributed by atoms with Crippen LogP contribution < -0.4 is 15.0 Å². The van der Waals surface area contributed by atoms with Crippen molar-refractivity contribution in [1.82, 2.24) is 9.88 Å². The normalized spacial score (nSPS) is 14.6. The smallest absolute Gasteiger partial charge is 0.250 e. The van der Waals surface area contributed by atoms with Crippen LogP contribution in [0.5, 0.6) is 5.88 Å². The molecule has 1 aromatic heterocycles. The van der Waals surface area contributed by atoms with Crippen LogP contribution in [-0.4, -0.2) is 68.7 Å². The summed E-state index contributed by atoms with van der Waals surface area (Å²) in [6, 6.07) is 3.45. The number of anilines is 2. The average Bonchev–Trinajstić information content (AvgIpc) is 2.55. The van der Waals surface area contributed by atoms with E-state index in [1.54, 1.807) is 31.1 Å². The summed E-state index contributed by atoms with van der Waals surface area (Å²) in [5.41, 5.74) is 0.601. The number of rotatable bonds is 5. The highest BCUT2D eigenvalue weighted by Gasteiger charge is 2.22. The number of hydrogen-bond acceptors (Lipinski definition) is 6. The second-order valence-corrected chi connectivity index (χ2v) is 5.20. The van der Waals surface area contributed by atoms with E-state index in [9.17, 15) is 9.59 Å². The minimum absolute atomic E-state index is 0.0242. The Bertz CT molecular complexity index is 571. The number of carbonyl (C=O) groups is 2. The van der Waals surface area contributed by atoms with E-state index in [0.29, 0.717) is 43.6 Å². The molecule has 1 saturated heterocycles. The van der Waals surface area contributed by atoms with Gasteiger partial charge in [-0.3, -0.25) is 9.59 Å². The molecule has 0 spiro atoms. The maximum absolute atomic E-state index is 11.8. The molecule has 0 radical (unpaired) electrons. The molecule has 2 heterocycles. The molecule has 0 unspecified atom stereocenters. The van der Waals surface area contributed by atoms with E-state index in [0.717, 1.165) is 0 Å². The number of methoxy groups -OCH3 is 2. The summed E-state index contributed by atoms with van der Waals surface area (Å²) in [5.74, 6) is 0.927. The molecule has 1 aliphatic heterocycles. The predicted octanol–water partition coefficient (Wildman–Crippen LogP) is 0.344. The highest BCUT2D eigenvalue weighted by Crippen LogP contribution is 2.27. The number of piperazine rings is 1. The summed E-state index contributed by atoms with van der Waals surface area (Å²) < 4.78 is 10.0. The fraction of sp³-hybridized carbons (Fsp3) is 0.533. The molecule has 23 heavy (non-hydrogen) atoms. The van der Waals surface area contributed by atoms with Gasteiger partial charge in [-0.2, -0.15) is 4.98 Å². The van der Waals surface area contributed by atoms with Crippen LogP contribution in [0.1, 0.15) is 6.92 Å². The van der Waals surface area contributed by atoms with Crippen LogP contribution >= 0.6 is 0 Å². The maximum Gasteiger partial charge on any atom is 0.250 e. The molecule has 2 amide bonds. The van der Waals surface area contributed by atoms with Crippen molar-refractivity contribution in [2.24, 2.45) is 0 Å². The van der Waals surface area contributed by atoms with Crippen LogP contribution in [0.2, 0.25) is 0 Å². The van der Waals surface area contributed by atoms with E-state index in [2.05, 4.69) is 10.3 Å². The zero-order valence-electron chi connectivity index (χ0n) is 13.7. The second-order valence-electron chi connectivity index (χ2n) is 5.20. The van der Waals surface area contributed by atoms with E-state index in [4.69, 9.17) is 9.47 Å². The van der Waals surface area contributed by atoms with Crippen molar-refractivity contribution in [2.75, 3.05) is 57.2 Å². The number of pyridine rings is 1. The van der Waals surface area contributed by atoms with Gasteiger partial charge in [0.2, 0.25) is 17.7 Å². The summed E-state index contributed by atoms with van der Waals surface area (Å²) in [4.78, 5) is 31.5. The molecular formula is C15H22N4O4. The lowest BCUT2D eigenvalue weighted by atomic mass is 10.2. The number of nitrogens with zero attached hydrogens (tertiary/aromatic N) is 3. The first-order valence-electron chi connectivity index (χ1n) is 7.39. The van der Waals surface area contributed by atoms with Gasteiger partial charge in [-0.1, -0.05) is 0 Å². The zero-order chi connectivity index (χ0) is 16.8. The fourth-order valence-corrected chi connectivity index (χ4v) is 2.43. The first kappa shape index (κ1) is 17.0. The van der Waals surface area contributed by atoms with E-state index < -0.39 is 0 Å². The molecule has 2 rings (SSSR count). The Hall–Kier alpha value is -2.35. The van der Waals surface area contributed by atoms with Crippen molar-refractivity contribution in [3.05, 3.63) is 12.1 Å². The van der Waals surface area contributed by atoms with E-state index in [1.165, 1.54) is 7.11 Å². The Labute approximate surface area is 135 Å². The topological polar surface area (TPSA) is 84.0 Å². The van der Waals surface area contributed by atoms with Crippen LogP contribution in [0.15, 0.2) is 12.1 Å². The lowest BCUT2D eigenvalue weighted by molar-refractivity contribution is -0.129. The highest BCUT2D eigenvalue weighted by atomic mass is 16.5. The molecule has 1 aliphatic rings. The molecule has 1 fully saturated rings. The molecule has 1 aromatic rings. The summed E-state index contributed by atoms with van der Waals surface area (Å²) in [7, 11) is 3.01. The van der Waals surface area contributed by atoms with Crippen LogP contribution in [0.25, 0.3) is 0 Å². The van der Waals surface area contributed by atoms with Gasteiger partial charge >= 0.3 is 0 Å². The number of ether oxygens (including phenoxy) is 2. The van der Waals surface area contributed by atoms with Gasteiger partial charge < -0.3 is 24.6 Å². The lowest BCUT2D eigenvalue weighted by Gasteiger charge is -2.35. The number of aromatic nitrogens is 1. The summed E-state index contributed by atoms with van der Waals surface area (Å²) in [6.07, 6.45) is 0. The molecule has 0 atom stereocenters. The molecule has 0 saturated carbocycles. The molecule has 1 N–H and O–H groups in total. The maximum atomic E-state index is 11.8. The Kier molecular flexibility index (Phi) is 5.75. The van der Waals surface area contributed by atoms with Crippen LogP contribution in [0.3, 0.4) is 0 Å². The molecule has 0 aliphatic carbocycles. The quantitative estimate of drug-likeness (QED) is 0.842. The third-order valence-corrected chi connectivity index (χ3v) is 3.63. The Balaban J connectivity index is 2.18. The number of amides is 2. The first-order chi connectivity index (χ1) is 11.0. The van der Waals surface area contributed by atoms with E-state index in [1.807, 2.05) is 4.90 Å². The van der Waals surface area contributed by atoms with Gasteiger partial charge in [0.25, 0.3) is 0 Å². The Morgan fingerprint density at radius 3 is 2.48 bits per heavy atom. The van der Waals surface area contributed by atoms with Crippen molar-refractivity contribution >= 4 is 23.3 Å².